The standard InChI is InChI=1S/C19H28N4O2/c1-4-23-15(3)17(12-20-23)14(2)21-19(24)18-9-8-16(25-18)13-22-10-6-5-7-11-22/h8-9,12,14H,4-7,10-11,13H2,1-3H3,(H,21,24). The molecular weight excluding hydrogens is 316 g/mol. The number of amides is 1. The van der Waals surface area contributed by atoms with Crippen molar-refractivity contribution in [2.45, 2.75) is 59.2 Å². The lowest BCUT2D eigenvalue weighted by molar-refractivity contribution is 0.0907. The molecule has 1 atom stereocenters. The number of carbonyl (C=O) groups is 1. The van der Waals surface area contributed by atoms with Crippen LogP contribution in [-0.4, -0.2) is 33.7 Å². The van der Waals surface area contributed by atoms with Crippen LogP contribution >= 0.6 is 0 Å². The van der Waals surface area contributed by atoms with Crippen LogP contribution in [0.2, 0.25) is 0 Å². The van der Waals surface area contributed by atoms with Crippen molar-refractivity contribution in [1.82, 2.24) is 20.0 Å². The smallest absolute Gasteiger partial charge is 0.287 e. The van der Waals surface area contributed by atoms with Gasteiger partial charge in [-0.25, -0.2) is 0 Å². The molecule has 3 heterocycles. The number of hydrogen-bond donors (Lipinski definition) is 1. The average molecular weight is 344 g/mol. The van der Waals surface area contributed by atoms with Crippen LogP contribution in [0.5, 0.6) is 0 Å². The summed E-state index contributed by atoms with van der Waals surface area (Å²) in [5, 5.41) is 7.35. The molecule has 6 nitrogen and oxygen atoms in total. The molecule has 0 bridgehead atoms. The highest BCUT2D eigenvalue weighted by Gasteiger charge is 2.19. The molecule has 1 N–H and O–H groups in total. The molecule has 1 fully saturated rings. The Bertz CT molecular complexity index is 713. The third kappa shape index (κ3) is 4.12. The summed E-state index contributed by atoms with van der Waals surface area (Å²) in [4.78, 5) is 14.9. The first kappa shape index (κ1) is 17.7. The van der Waals surface area contributed by atoms with Crippen LogP contribution in [0.25, 0.3) is 0 Å². The summed E-state index contributed by atoms with van der Waals surface area (Å²) in [5.74, 6) is 1.05. The highest BCUT2D eigenvalue weighted by molar-refractivity contribution is 5.91. The molecule has 1 aliphatic heterocycles. The SMILES string of the molecule is CCn1ncc(C(C)NC(=O)c2ccc(CN3CCCCC3)o2)c1C. The lowest BCUT2D eigenvalue weighted by Gasteiger charge is -2.25. The monoisotopic (exact) mass is 344 g/mol. The summed E-state index contributed by atoms with van der Waals surface area (Å²) in [7, 11) is 0. The van der Waals surface area contributed by atoms with Gasteiger partial charge in [0.05, 0.1) is 18.8 Å². The molecule has 0 saturated carbocycles. The van der Waals surface area contributed by atoms with E-state index >= 15 is 0 Å². The second-order valence-electron chi connectivity index (χ2n) is 6.80. The molecule has 25 heavy (non-hydrogen) atoms. The minimum Gasteiger partial charge on any atom is -0.455 e. The molecule has 2 aromatic rings. The molecular formula is C19H28N4O2. The van der Waals surface area contributed by atoms with Gasteiger partial charge in [-0.15, -0.1) is 0 Å². The Morgan fingerprint density at radius 1 is 1.32 bits per heavy atom. The van der Waals surface area contributed by atoms with Crippen molar-refractivity contribution in [3.05, 3.63) is 41.1 Å². The molecule has 1 unspecified atom stereocenters. The molecule has 1 aliphatic rings. The zero-order valence-corrected chi connectivity index (χ0v) is 15.4. The van der Waals surface area contributed by atoms with Crippen LogP contribution in [0.3, 0.4) is 0 Å². The van der Waals surface area contributed by atoms with E-state index in [0.29, 0.717) is 5.76 Å². The van der Waals surface area contributed by atoms with Gasteiger partial charge < -0.3 is 9.73 Å². The fourth-order valence-corrected chi connectivity index (χ4v) is 3.47. The molecule has 1 amide bonds. The Balaban J connectivity index is 1.60. The van der Waals surface area contributed by atoms with Crippen LogP contribution in [0, 0.1) is 6.92 Å². The van der Waals surface area contributed by atoms with E-state index in [-0.39, 0.29) is 11.9 Å². The number of piperidine rings is 1. The molecule has 136 valence electrons. The second kappa shape index (κ2) is 7.87. The maximum atomic E-state index is 12.5. The third-order valence-corrected chi connectivity index (χ3v) is 4.97. The van der Waals surface area contributed by atoms with Gasteiger partial charge in [-0.2, -0.15) is 5.10 Å². The first-order valence-electron chi connectivity index (χ1n) is 9.22. The lowest BCUT2D eigenvalue weighted by Crippen LogP contribution is -2.29. The highest BCUT2D eigenvalue weighted by Crippen LogP contribution is 2.19. The van der Waals surface area contributed by atoms with Gasteiger partial charge in [0.15, 0.2) is 5.76 Å². The van der Waals surface area contributed by atoms with Crippen molar-refractivity contribution in [3.8, 4) is 0 Å². The summed E-state index contributed by atoms with van der Waals surface area (Å²) in [5.41, 5.74) is 2.12. The number of rotatable bonds is 6. The zero-order valence-electron chi connectivity index (χ0n) is 15.4. The van der Waals surface area contributed by atoms with Gasteiger partial charge in [-0.05, 0) is 58.8 Å². The van der Waals surface area contributed by atoms with Crippen LogP contribution in [0.15, 0.2) is 22.7 Å². The molecule has 2 aromatic heterocycles. The van der Waals surface area contributed by atoms with Crippen molar-refractivity contribution in [1.29, 1.82) is 0 Å². The number of aryl methyl sites for hydroxylation is 1. The largest absolute Gasteiger partial charge is 0.455 e. The number of carbonyl (C=O) groups excluding carboxylic acids is 1. The van der Waals surface area contributed by atoms with Crippen molar-refractivity contribution >= 4 is 5.91 Å². The third-order valence-electron chi connectivity index (χ3n) is 4.97. The van der Waals surface area contributed by atoms with Gasteiger partial charge in [-0.3, -0.25) is 14.4 Å². The summed E-state index contributed by atoms with van der Waals surface area (Å²) in [6, 6.07) is 3.57. The fraction of sp³-hybridized carbons (Fsp3) is 0.579. The fourth-order valence-electron chi connectivity index (χ4n) is 3.47. The van der Waals surface area contributed by atoms with Crippen LogP contribution in [0.4, 0.5) is 0 Å². The topological polar surface area (TPSA) is 63.3 Å². The van der Waals surface area contributed by atoms with Crippen LogP contribution in [0.1, 0.15) is 66.7 Å². The predicted octanol–water partition coefficient (Wildman–Crippen LogP) is 3.28. The number of likely N-dealkylation sites (tertiary alicyclic amines) is 1. The number of aromatic nitrogens is 2. The normalized spacial score (nSPS) is 16.8. The van der Waals surface area contributed by atoms with Gasteiger partial charge >= 0.3 is 0 Å². The molecule has 0 aliphatic carbocycles. The highest BCUT2D eigenvalue weighted by atomic mass is 16.4. The van der Waals surface area contributed by atoms with E-state index in [1.54, 1.807) is 6.07 Å². The van der Waals surface area contributed by atoms with Gasteiger partial charge in [0.1, 0.15) is 5.76 Å². The summed E-state index contributed by atoms with van der Waals surface area (Å²) < 4.78 is 7.70. The van der Waals surface area contributed by atoms with Gasteiger partial charge in [-0.1, -0.05) is 6.42 Å². The van der Waals surface area contributed by atoms with Crippen molar-refractivity contribution in [3.63, 3.8) is 0 Å². The van der Waals surface area contributed by atoms with Crippen LogP contribution < -0.4 is 5.32 Å². The van der Waals surface area contributed by atoms with E-state index in [1.165, 1.54) is 19.3 Å². The molecule has 0 spiro atoms. The number of furan rings is 1. The van der Waals surface area contributed by atoms with Crippen molar-refractivity contribution in [2.24, 2.45) is 0 Å². The Kier molecular flexibility index (Phi) is 5.58. The Hall–Kier alpha value is -2.08. The maximum absolute atomic E-state index is 12.5. The van der Waals surface area contributed by atoms with E-state index in [0.717, 1.165) is 43.2 Å². The minimum absolute atomic E-state index is 0.108. The van der Waals surface area contributed by atoms with Gasteiger partial charge in [0.2, 0.25) is 0 Å². The Morgan fingerprint density at radius 3 is 2.76 bits per heavy atom. The summed E-state index contributed by atoms with van der Waals surface area (Å²) in [6.45, 7) is 9.88. The van der Waals surface area contributed by atoms with E-state index < -0.39 is 0 Å². The van der Waals surface area contributed by atoms with E-state index in [2.05, 4.69) is 22.2 Å². The molecule has 1 saturated heterocycles. The molecule has 6 heteroatoms. The predicted molar refractivity (Wildman–Crippen MR) is 96.4 cm³/mol. The molecule has 3 rings (SSSR count). The summed E-state index contributed by atoms with van der Waals surface area (Å²) >= 11 is 0. The Morgan fingerprint density at radius 2 is 2.08 bits per heavy atom. The number of nitrogens with zero attached hydrogens (tertiary/aromatic N) is 3. The minimum atomic E-state index is -0.180. The van der Waals surface area contributed by atoms with Crippen LogP contribution in [-0.2, 0) is 13.1 Å². The average Bonchev–Trinajstić information content (AvgIpc) is 3.22. The van der Waals surface area contributed by atoms with Gasteiger partial charge in [0.25, 0.3) is 5.91 Å². The zero-order chi connectivity index (χ0) is 17.8. The van der Waals surface area contributed by atoms with E-state index in [1.807, 2.05) is 30.8 Å². The first-order valence-corrected chi connectivity index (χ1v) is 9.22. The van der Waals surface area contributed by atoms with E-state index in [4.69, 9.17) is 4.42 Å². The second-order valence-corrected chi connectivity index (χ2v) is 6.80. The molecule has 0 aromatic carbocycles. The Labute approximate surface area is 149 Å². The molecule has 0 radical (unpaired) electrons. The number of nitrogens with one attached hydrogen (secondary N) is 1. The number of hydrogen-bond acceptors (Lipinski definition) is 4. The maximum Gasteiger partial charge on any atom is 0.287 e. The first-order chi connectivity index (χ1) is 12.1. The summed E-state index contributed by atoms with van der Waals surface area (Å²) in [6.07, 6.45) is 5.63. The van der Waals surface area contributed by atoms with Crippen molar-refractivity contribution < 1.29 is 9.21 Å². The van der Waals surface area contributed by atoms with E-state index in [9.17, 15) is 4.79 Å². The lowest BCUT2D eigenvalue weighted by atomic mass is 10.1. The quantitative estimate of drug-likeness (QED) is 0.873. The van der Waals surface area contributed by atoms with Gasteiger partial charge in [0, 0.05) is 17.8 Å². The van der Waals surface area contributed by atoms with Crippen molar-refractivity contribution in [2.75, 3.05) is 13.1 Å².